The minimum Gasteiger partial charge on any atom is -0.382 e. The van der Waals surface area contributed by atoms with Crippen molar-refractivity contribution in [1.82, 2.24) is 29.3 Å². The Hall–Kier alpha value is -3.03. The number of carbonyl (C=O) groups is 1. The lowest BCUT2D eigenvalue weighted by Crippen LogP contribution is -2.21. The van der Waals surface area contributed by atoms with Gasteiger partial charge in [0, 0.05) is 13.0 Å². The number of rotatable bonds is 4. The van der Waals surface area contributed by atoms with Crippen LogP contribution in [-0.2, 0) is 13.0 Å². The fourth-order valence-electron chi connectivity index (χ4n) is 3.90. The van der Waals surface area contributed by atoms with Gasteiger partial charge in [-0.25, -0.2) is 19.6 Å². The van der Waals surface area contributed by atoms with Gasteiger partial charge < -0.3 is 5.73 Å². The number of nitrogen functional groups attached to an aromatic ring is 1. The molecule has 3 aromatic heterocycles. The van der Waals surface area contributed by atoms with Crippen molar-refractivity contribution < 1.29 is 4.79 Å². The molecule has 0 aromatic carbocycles. The first-order valence-corrected chi connectivity index (χ1v) is 9.59. The van der Waals surface area contributed by atoms with Crippen LogP contribution < -0.4 is 5.73 Å². The van der Waals surface area contributed by atoms with Crippen molar-refractivity contribution in [3.63, 3.8) is 0 Å². The van der Waals surface area contributed by atoms with E-state index in [4.69, 9.17) is 10.7 Å². The minimum absolute atomic E-state index is 0.156. The summed E-state index contributed by atoms with van der Waals surface area (Å²) in [6, 6.07) is 0. The Kier molecular flexibility index (Phi) is 4.49. The molecule has 0 amide bonds. The Morgan fingerprint density at radius 1 is 1.32 bits per heavy atom. The number of Topliss-reactive ketones (excluding diaryl/α,β-unsaturated/α-hetero) is 1. The summed E-state index contributed by atoms with van der Waals surface area (Å²) < 4.78 is 3.82. The molecule has 1 aliphatic carbocycles. The Morgan fingerprint density at radius 2 is 2.11 bits per heavy atom. The van der Waals surface area contributed by atoms with Crippen LogP contribution in [0.5, 0.6) is 0 Å². The van der Waals surface area contributed by atoms with Crippen LogP contribution in [0.2, 0.25) is 0 Å². The van der Waals surface area contributed by atoms with E-state index in [2.05, 4.69) is 41.9 Å². The van der Waals surface area contributed by atoms with Gasteiger partial charge in [-0.1, -0.05) is 18.6 Å². The number of allylic oxidation sites excluding steroid dienone is 2. The molecule has 0 saturated heterocycles. The highest BCUT2D eigenvalue weighted by molar-refractivity contribution is 5.99. The van der Waals surface area contributed by atoms with E-state index in [9.17, 15) is 4.79 Å². The van der Waals surface area contributed by atoms with Crippen LogP contribution in [-0.4, -0.2) is 35.1 Å². The zero-order chi connectivity index (χ0) is 20.0. The van der Waals surface area contributed by atoms with Gasteiger partial charge >= 0.3 is 0 Å². The lowest BCUT2D eigenvalue weighted by molar-refractivity contribution is 0.0952. The van der Waals surface area contributed by atoms with E-state index >= 15 is 0 Å². The third-order valence-corrected chi connectivity index (χ3v) is 5.15. The van der Waals surface area contributed by atoms with E-state index in [1.54, 1.807) is 0 Å². The highest BCUT2D eigenvalue weighted by Gasteiger charge is 2.31. The van der Waals surface area contributed by atoms with Crippen molar-refractivity contribution in [2.24, 2.45) is 5.92 Å². The van der Waals surface area contributed by atoms with Gasteiger partial charge in [-0.3, -0.25) is 9.36 Å². The third-order valence-electron chi connectivity index (χ3n) is 5.15. The summed E-state index contributed by atoms with van der Waals surface area (Å²) in [6.45, 7) is 8.81. The molecule has 3 heterocycles. The SMILES string of the molecule is CC(C)=CCCn1c(-n2nc(C)c3c2CC(C)CC3=O)nc2c(N)ncnc21. The van der Waals surface area contributed by atoms with Crippen molar-refractivity contribution in [2.75, 3.05) is 5.73 Å². The van der Waals surface area contributed by atoms with E-state index in [0.717, 1.165) is 29.8 Å². The van der Waals surface area contributed by atoms with Crippen molar-refractivity contribution >= 4 is 22.8 Å². The van der Waals surface area contributed by atoms with Gasteiger partial charge in [0.1, 0.15) is 6.33 Å². The standard InChI is InChI=1S/C20H25N7O/c1-11(2)6-5-7-26-19-17(18(21)22-10-23-19)24-20(26)27-14-8-12(3)9-15(28)16(14)13(4)25-27/h6,10,12H,5,7-9H2,1-4H3,(H2,21,22,23). The Balaban J connectivity index is 1.92. The Bertz CT molecular complexity index is 1100. The van der Waals surface area contributed by atoms with Crippen LogP contribution >= 0.6 is 0 Å². The minimum atomic E-state index is 0.156. The van der Waals surface area contributed by atoms with Crippen molar-refractivity contribution in [3.05, 3.63) is 34.9 Å². The number of nitrogens with two attached hydrogens (primary N) is 1. The molecular weight excluding hydrogens is 354 g/mol. The van der Waals surface area contributed by atoms with Gasteiger partial charge in [0.15, 0.2) is 22.8 Å². The topological polar surface area (TPSA) is 105 Å². The first-order chi connectivity index (χ1) is 13.4. The lowest BCUT2D eigenvalue weighted by atomic mass is 9.87. The molecule has 146 valence electrons. The second-order valence-corrected chi connectivity index (χ2v) is 7.82. The van der Waals surface area contributed by atoms with E-state index in [-0.39, 0.29) is 11.7 Å². The largest absolute Gasteiger partial charge is 0.382 e. The summed E-state index contributed by atoms with van der Waals surface area (Å²) in [5.74, 6) is 1.41. The zero-order valence-electron chi connectivity index (χ0n) is 16.7. The molecule has 2 N–H and O–H groups in total. The summed E-state index contributed by atoms with van der Waals surface area (Å²) in [6.07, 6.45) is 5.82. The maximum absolute atomic E-state index is 12.6. The first kappa shape index (κ1) is 18.3. The first-order valence-electron chi connectivity index (χ1n) is 9.59. The van der Waals surface area contributed by atoms with Gasteiger partial charge in [-0.15, -0.1) is 0 Å². The van der Waals surface area contributed by atoms with Gasteiger partial charge in [-0.2, -0.15) is 5.10 Å². The molecule has 1 unspecified atom stereocenters. The molecule has 1 atom stereocenters. The van der Waals surface area contributed by atoms with E-state index < -0.39 is 0 Å². The third kappa shape index (κ3) is 2.98. The number of aromatic nitrogens is 6. The molecule has 8 nitrogen and oxygen atoms in total. The van der Waals surface area contributed by atoms with E-state index in [1.807, 2.05) is 16.2 Å². The van der Waals surface area contributed by atoms with Gasteiger partial charge in [0.25, 0.3) is 0 Å². The number of carbonyl (C=O) groups excluding carboxylic acids is 1. The predicted molar refractivity (Wildman–Crippen MR) is 107 cm³/mol. The quantitative estimate of drug-likeness (QED) is 0.699. The van der Waals surface area contributed by atoms with Crippen molar-refractivity contribution in [2.45, 2.75) is 53.5 Å². The predicted octanol–water partition coefficient (Wildman–Crippen LogP) is 3.02. The van der Waals surface area contributed by atoms with Crippen molar-refractivity contribution in [1.29, 1.82) is 0 Å². The van der Waals surface area contributed by atoms with Crippen LogP contribution in [0.3, 0.4) is 0 Å². The summed E-state index contributed by atoms with van der Waals surface area (Å²) in [7, 11) is 0. The fourth-order valence-corrected chi connectivity index (χ4v) is 3.90. The highest BCUT2D eigenvalue weighted by atomic mass is 16.1. The number of anilines is 1. The molecule has 3 aromatic rings. The second kappa shape index (κ2) is 6.85. The number of ketones is 1. The lowest BCUT2D eigenvalue weighted by Gasteiger charge is -2.19. The average molecular weight is 379 g/mol. The molecule has 8 heteroatoms. The van der Waals surface area contributed by atoms with Crippen molar-refractivity contribution in [3.8, 4) is 5.95 Å². The van der Waals surface area contributed by atoms with Crippen LogP contribution in [0, 0.1) is 12.8 Å². The molecule has 0 aliphatic heterocycles. The molecule has 1 aliphatic rings. The number of nitrogens with zero attached hydrogens (tertiary/aromatic N) is 6. The van der Waals surface area contributed by atoms with E-state index in [1.165, 1.54) is 11.9 Å². The molecule has 0 bridgehead atoms. The average Bonchev–Trinajstić information content (AvgIpc) is 3.14. The number of hydrogen-bond donors (Lipinski definition) is 1. The molecule has 0 radical (unpaired) electrons. The number of fused-ring (bicyclic) bond motifs is 2. The van der Waals surface area contributed by atoms with Gasteiger partial charge in [0.05, 0.1) is 17.0 Å². The normalized spacial score (nSPS) is 16.4. The van der Waals surface area contributed by atoms with E-state index in [0.29, 0.717) is 35.9 Å². The number of aryl methyl sites for hydroxylation is 2. The van der Waals surface area contributed by atoms with Gasteiger partial charge in [-0.05, 0) is 39.5 Å². The maximum Gasteiger partial charge on any atom is 0.233 e. The zero-order valence-corrected chi connectivity index (χ0v) is 16.7. The molecule has 0 spiro atoms. The number of hydrogen-bond acceptors (Lipinski definition) is 6. The Labute approximate surface area is 163 Å². The molecule has 28 heavy (non-hydrogen) atoms. The van der Waals surface area contributed by atoms with Gasteiger partial charge in [0.2, 0.25) is 5.95 Å². The highest BCUT2D eigenvalue weighted by Crippen LogP contribution is 2.30. The summed E-state index contributed by atoms with van der Waals surface area (Å²) in [5, 5.41) is 4.68. The summed E-state index contributed by atoms with van der Waals surface area (Å²) >= 11 is 0. The molecular formula is C20H25N7O. The monoisotopic (exact) mass is 379 g/mol. The van der Waals surface area contributed by atoms with Crippen LogP contribution in [0.1, 0.15) is 55.4 Å². The Morgan fingerprint density at radius 3 is 2.86 bits per heavy atom. The smallest absolute Gasteiger partial charge is 0.233 e. The molecule has 0 fully saturated rings. The maximum atomic E-state index is 12.6. The second-order valence-electron chi connectivity index (χ2n) is 7.82. The van der Waals surface area contributed by atoms with Crippen LogP contribution in [0.15, 0.2) is 18.0 Å². The summed E-state index contributed by atoms with van der Waals surface area (Å²) in [4.78, 5) is 25.8. The van der Waals surface area contributed by atoms with Crippen LogP contribution in [0.25, 0.3) is 17.1 Å². The number of imidazole rings is 1. The van der Waals surface area contributed by atoms with Crippen LogP contribution in [0.4, 0.5) is 5.82 Å². The molecule has 4 rings (SSSR count). The fraction of sp³-hybridized carbons (Fsp3) is 0.450. The molecule has 0 saturated carbocycles. The summed E-state index contributed by atoms with van der Waals surface area (Å²) in [5.41, 5.74) is 11.0.